The van der Waals surface area contributed by atoms with Crippen molar-refractivity contribution in [2.45, 2.75) is 12.8 Å². The van der Waals surface area contributed by atoms with Crippen molar-refractivity contribution in [2.75, 3.05) is 31.6 Å². The van der Waals surface area contributed by atoms with Gasteiger partial charge < -0.3 is 10.2 Å². The summed E-state index contributed by atoms with van der Waals surface area (Å²) < 4.78 is 26.3. The molecular weight excluding hydrogens is 222 g/mol. The summed E-state index contributed by atoms with van der Waals surface area (Å²) >= 11 is 0. The van der Waals surface area contributed by atoms with Crippen LogP contribution in [0.3, 0.4) is 0 Å². The molecule has 94 valence electrons. The Hall–Kier alpha value is -1.16. The standard InChI is InChI=1S/C13H18F2N2/c1-17(7-5-10-4-6-16-9-10)13-3-2-11(14)8-12(13)15/h2-3,8,10,16H,4-7,9H2,1H3. The summed E-state index contributed by atoms with van der Waals surface area (Å²) in [5.41, 5.74) is 0.470. The fourth-order valence-corrected chi connectivity index (χ4v) is 2.25. The van der Waals surface area contributed by atoms with Crippen molar-refractivity contribution in [3.63, 3.8) is 0 Å². The molecule has 1 aliphatic heterocycles. The van der Waals surface area contributed by atoms with Crippen LogP contribution in [0.2, 0.25) is 0 Å². The summed E-state index contributed by atoms with van der Waals surface area (Å²) in [6.07, 6.45) is 2.24. The fraction of sp³-hybridized carbons (Fsp3) is 0.538. The van der Waals surface area contributed by atoms with E-state index < -0.39 is 11.6 Å². The van der Waals surface area contributed by atoms with Crippen molar-refractivity contribution in [3.05, 3.63) is 29.8 Å². The van der Waals surface area contributed by atoms with Gasteiger partial charge in [-0.2, -0.15) is 0 Å². The second-order valence-electron chi connectivity index (χ2n) is 4.66. The zero-order chi connectivity index (χ0) is 12.3. The minimum absolute atomic E-state index is 0.470. The molecule has 1 fully saturated rings. The summed E-state index contributed by atoms with van der Waals surface area (Å²) in [5.74, 6) is -0.336. The molecule has 0 aromatic heterocycles. The highest BCUT2D eigenvalue weighted by Crippen LogP contribution is 2.20. The maximum atomic E-state index is 13.5. The van der Waals surface area contributed by atoms with E-state index in [0.717, 1.165) is 32.1 Å². The van der Waals surface area contributed by atoms with Crippen LogP contribution in [-0.2, 0) is 0 Å². The summed E-state index contributed by atoms with van der Waals surface area (Å²) in [6, 6.07) is 3.73. The molecule has 0 spiro atoms. The molecule has 1 unspecified atom stereocenters. The van der Waals surface area contributed by atoms with Crippen molar-refractivity contribution >= 4 is 5.69 Å². The first-order valence-corrected chi connectivity index (χ1v) is 6.03. The number of nitrogens with one attached hydrogen (secondary N) is 1. The van der Waals surface area contributed by atoms with E-state index >= 15 is 0 Å². The zero-order valence-electron chi connectivity index (χ0n) is 10.0. The molecule has 4 heteroatoms. The third-order valence-corrected chi connectivity index (χ3v) is 3.36. The summed E-state index contributed by atoms with van der Waals surface area (Å²) in [6.45, 7) is 2.94. The van der Waals surface area contributed by atoms with E-state index in [0.29, 0.717) is 11.6 Å². The molecule has 1 heterocycles. The van der Waals surface area contributed by atoms with Gasteiger partial charge in [0.15, 0.2) is 0 Å². The summed E-state index contributed by atoms with van der Waals surface area (Å²) in [5, 5.41) is 3.31. The first-order valence-electron chi connectivity index (χ1n) is 6.03. The quantitative estimate of drug-likeness (QED) is 0.869. The first-order chi connectivity index (χ1) is 8.16. The molecular formula is C13H18F2N2. The Labute approximate surface area is 101 Å². The number of halogens is 2. The van der Waals surface area contributed by atoms with Gasteiger partial charge in [-0.1, -0.05) is 0 Å². The smallest absolute Gasteiger partial charge is 0.149 e. The van der Waals surface area contributed by atoms with E-state index in [-0.39, 0.29) is 0 Å². The lowest BCUT2D eigenvalue weighted by atomic mass is 10.0. The lowest BCUT2D eigenvalue weighted by molar-refractivity contribution is 0.528. The van der Waals surface area contributed by atoms with Crippen molar-refractivity contribution < 1.29 is 8.78 Å². The van der Waals surface area contributed by atoms with E-state index in [1.165, 1.54) is 18.6 Å². The largest absolute Gasteiger partial charge is 0.372 e. The second-order valence-corrected chi connectivity index (χ2v) is 4.66. The van der Waals surface area contributed by atoms with Crippen LogP contribution in [0, 0.1) is 17.6 Å². The van der Waals surface area contributed by atoms with Gasteiger partial charge in [0.2, 0.25) is 0 Å². The topological polar surface area (TPSA) is 15.3 Å². The van der Waals surface area contributed by atoms with Gasteiger partial charge in [-0.25, -0.2) is 8.78 Å². The highest BCUT2D eigenvalue weighted by atomic mass is 19.1. The number of nitrogens with zero attached hydrogens (tertiary/aromatic N) is 1. The lowest BCUT2D eigenvalue weighted by Gasteiger charge is -2.21. The van der Waals surface area contributed by atoms with Crippen LogP contribution in [0.25, 0.3) is 0 Å². The van der Waals surface area contributed by atoms with E-state index in [1.807, 2.05) is 11.9 Å². The average molecular weight is 240 g/mol. The SMILES string of the molecule is CN(CCC1CCNC1)c1ccc(F)cc1F. The van der Waals surface area contributed by atoms with Gasteiger partial charge >= 0.3 is 0 Å². The van der Waals surface area contributed by atoms with Gasteiger partial charge in [0.25, 0.3) is 0 Å². The number of anilines is 1. The summed E-state index contributed by atoms with van der Waals surface area (Å²) in [7, 11) is 1.85. The molecule has 2 nitrogen and oxygen atoms in total. The van der Waals surface area contributed by atoms with Gasteiger partial charge in [-0.05, 0) is 44.0 Å². The van der Waals surface area contributed by atoms with Crippen LogP contribution in [0.4, 0.5) is 14.5 Å². The van der Waals surface area contributed by atoms with Gasteiger partial charge in [0, 0.05) is 19.7 Å². The zero-order valence-corrected chi connectivity index (χ0v) is 10.0. The molecule has 0 amide bonds. The third kappa shape index (κ3) is 3.16. The minimum atomic E-state index is -0.528. The highest BCUT2D eigenvalue weighted by molar-refractivity contribution is 5.46. The van der Waals surface area contributed by atoms with Crippen molar-refractivity contribution in [1.29, 1.82) is 0 Å². The van der Waals surface area contributed by atoms with Gasteiger partial charge in [-0.3, -0.25) is 0 Å². The Morgan fingerprint density at radius 1 is 1.41 bits per heavy atom. The lowest BCUT2D eigenvalue weighted by Crippen LogP contribution is -2.22. The van der Waals surface area contributed by atoms with E-state index in [4.69, 9.17) is 0 Å². The van der Waals surface area contributed by atoms with E-state index in [2.05, 4.69) is 5.32 Å². The normalized spacial score (nSPS) is 19.6. The molecule has 1 aromatic rings. The molecule has 1 aromatic carbocycles. The number of hydrogen-bond acceptors (Lipinski definition) is 2. The number of benzene rings is 1. The molecule has 0 aliphatic carbocycles. The molecule has 17 heavy (non-hydrogen) atoms. The molecule has 1 aliphatic rings. The Bertz CT molecular complexity index is 376. The Balaban J connectivity index is 1.91. The molecule has 1 saturated heterocycles. The molecule has 2 rings (SSSR count). The first kappa shape index (κ1) is 12.3. The monoisotopic (exact) mass is 240 g/mol. The van der Waals surface area contributed by atoms with Crippen LogP contribution in [0.15, 0.2) is 18.2 Å². The molecule has 0 bridgehead atoms. The predicted octanol–water partition coefficient (Wildman–Crippen LogP) is 2.40. The summed E-state index contributed by atoms with van der Waals surface area (Å²) in [4.78, 5) is 1.85. The van der Waals surface area contributed by atoms with Crippen LogP contribution < -0.4 is 10.2 Å². The minimum Gasteiger partial charge on any atom is -0.372 e. The molecule has 1 N–H and O–H groups in total. The van der Waals surface area contributed by atoms with Crippen molar-refractivity contribution in [1.82, 2.24) is 5.32 Å². The van der Waals surface area contributed by atoms with Gasteiger partial charge in [-0.15, -0.1) is 0 Å². The second kappa shape index (κ2) is 5.45. The molecule has 1 atom stereocenters. The Kier molecular flexibility index (Phi) is 3.94. The predicted molar refractivity (Wildman–Crippen MR) is 65.2 cm³/mol. The van der Waals surface area contributed by atoms with Crippen LogP contribution in [-0.4, -0.2) is 26.7 Å². The van der Waals surface area contributed by atoms with E-state index in [1.54, 1.807) is 0 Å². The van der Waals surface area contributed by atoms with Crippen LogP contribution >= 0.6 is 0 Å². The average Bonchev–Trinajstić information content (AvgIpc) is 2.78. The maximum absolute atomic E-state index is 13.5. The van der Waals surface area contributed by atoms with Crippen molar-refractivity contribution in [2.24, 2.45) is 5.92 Å². The third-order valence-electron chi connectivity index (χ3n) is 3.36. The van der Waals surface area contributed by atoms with Gasteiger partial charge in [0.05, 0.1) is 5.69 Å². The highest BCUT2D eigenvalue weighted by Gasteiger charge is 2.16. The number of hydrogen-bond donors (Lipinski definition) is 1. The van der Waals surface area contributed by atoms with Crippen molar-refractivity contribution in [3.8, 4) is 0 Å². The van der Waals surface area contributed by atoms with Gasteiger partial charge in [0.1, 0.15) is 11.6 Å². The van der Waals surface area contributed by atoms with E-state index in [9.17, 15) is 8.78 Å². The molecule has 0 radical (unpaired) electrons. The maximum Gasteiger partial charge on any atom is 0.149 e. The van der Waals surface area contributed by atoms with Crippen LogP contribution in [0.1, 0.15) is 12.8 Å². The van der Waals surface area contributed by atoms with Crippen LogP contribution in [0.5, 0.6) is 0 Å². The Morgan fingerprint density at radius 2 is 2.24 bits per heavy atom. The number of rotatable bonds is 4. The molecule has 0 saturated carbocycles. The Morgan fingerprint density at radius 3 is 2.88 bits per heavy atom. The fourth-order valence-electron chi connectivity index (χ4n) is 2.25.